The Kier molecular flexibility index (Phi) is 6.05. The van der Waals surface area contributed by atoms with Gasteiger partial charge in [-0.25, -0.2) is 0 Å². The normalized spacial score (nSPS) is 13.7. The molecule has 8 aromatic carbocycles. The second-order valence-electron chi connectivity index (χ2n) is 13.7. The van der Waals surface area contributed by atoms with Crippen LogP contribution >= 0.6 is 0 Å². The molecule has 238 valence electrons. The number of benzene rings is 8. The van der Waals surface area contributed by atoms with Gasteiger partial charge in [0.25, 0.3) is 0 Å². The minimum atomic E-state index is 0.242. The Morgan fingerprint density at radius 3 is 1.49 bits per heavy atom. The number of hydrogen-bond acceptors (Lipinski definition) is 0. The minimum Gasteiger partial charge on any atom is -0.309 e. The van der Waals surface area contributed by atoms with Gasteiger partial charge in [0.05, 0.1) is 22.1 Å². The molecule has 1 aliphatic rings. The third-order valence-electron chi connectivity index (χ3n) is 11.0. The van der Waals surface area contributed by atoms with Gasteiger partial charge in [0.2, 0.25) is 0 Å². The predicted octanol–water partition coefficient (Wildman–Crippen LogP) is 12.7. The summed E-state index contributed by atoms with van der Waals surface area (Å²) in [6.07, 6.45) is 0. The number of fused-ring (bicyclic) bond motifs is 9. The maximum absolute atomic E-state index is 2.45. The minimum absolute atomic E-state index is 0.242. The lowest BCUT2D eigenvalue weighted by Crippen LogP contribution is -1.99. The summed E-state index contributed by atoms with van der Waals surface area (Å²) < 4.78 is 4.83. The lowest BCUT2D eigenvalue weighted by molar-refractivity contribution is 1.01. The Balaban J connectivity index is 1.08. The molecule has 2 aromatic heterocycles. The predicted molar refractivity (Wildman–Crippen MR) is 213 cm³/mol. The zero-order chi connectivity index (χ0) is 33.5. The van der Waals surface area contributed by atoms with Crippen molar-refractivity contribution in [3.63, 3.8) is 0 Å². The van der Waals surface area contributed by atoms with Gasteiger partial charge < -0.3 is 9.13 Å². The van der Waals surface area contributed by atoms with E-state index in [0.717, 1.165) is 0 Å². The van der Waals surface area contributed by atoms with Crippen molar-refractivity contribution < 1.29 is 0 Å². The van der Waals surface area contributed by atoms with Gasteiger partial charge in [0.15, 0.2) is 0 Å². The third kappa shape index (κ3) is 4.17. The van der Waals surface area contributed by atoms with Crippen LogP contribution in [0.1, 0.15) is 22.6 Å². The maximum atomic E-state index is 2.45. The fraction of sp³-hybridized carbons (Fsp3) is 0.0204. The molecule has 2 heteroatoms. The van der Waals surface area contributed by atoms with Crippen molar-refractivity contribution in [3.8, 4) is 33.6 Å². The fourth-order valence-electron chi connectivity index (χ4n) is 8.77. The van der Waals surface area contributed by atoms with E-state index in [4.69, 9.17) is 0 Å². The quantitative estimate of drug-likeness (QED) is 0.180. The molecular weight excluding hydrogens is 617 g/mol. The second-order valence-corrected chi connectivity index (χ2v) is 13.7. The Hall–Kier alpha value is -6.64. The van der Waals surface area contributed by atoms with Crippen molar-refractivity contribution in [3.05, 3.63) is 205 Å². The lowest BCUT2D eigenvalue weighted by Gasteiger charge is -2.15. The SMILES string of the molecule is c1ccc(C2c3ccccc3-c3cc(-n4c5ccccc5c5cc(-c6ccc7c(c6)c6ccccc6n7-c6ccccc6)ccc54)ccc32)cc1. The summed E-state index contributed by atoms with van der Waals surface area (Å²) in [5.41, 5.74) is 16.4. The summed E-state index contributed by atoms with van der Waals surface area (Å²) in [6, 6.07) is 69.1. The Bertz CT molecular complexity index is 2960. The zero-order valence-electron chi connectivity index (χ0n) is 27.9. The Morgan fingerprint density at radius 1 is 0.314 bits per heavy atom. The van der Waals surface area contributed by atoms with E-state index >= 15 is 0 Å². The molecule has 0 fully saturated rings. The molecule has 0 bridgehead atoms. The van der Waals surface area contributed by atoms with Crippen LogP contribution in [0, 0.1) is 0 Å². The molecule has 1 atom stereocenters. The molecule has 0 aliphatic heterocycles. The molecule has 2 nitrogen and oxygen atoms in total. The third-order valence-corrected chi connectivity index (χ3v) is 11.0. The average molecular weight is 649 g/mol. The molecule has 11 rings (SSSR count). The highest BCUT2D eigenvalue weighted by Gasteiger charge is 2.30. The van der Waals surface area contributed by atoms with Crippen LogP contribution < -0.4 is 0 Å². The molecular formula is C49H32N2. The van der Waals surface area contributed by atoms with Gasteiger partial charge in [-0.05, 0) is 99.6 Å². The van der Waals surface area contributed by atoms with Gasteiger partial charge >= 0.3 is 0 Å². The Labute approximate surface area is 296 Å². The maximum Gasteiger partial charge on any atom is 0.0541 e. The molecule has 0 radical (unpaired) electrons. The standard InChI is InChI=1S/C49H32N2/c1-3-13-32(14-4-1)49-40-20-8-7-17-37(40)42-31-36(25-26-41(42)49)51-46-22-12-10-19-39(46)44-30-34(24-28-48(44)51)33-23-27-47-43(29-33)38-18-9-11-21-45(38)50(47)35-15-5-2-6-16-35/h1-31,49H. The molecule has 51 heavy (non-hydrogen) atoms. The molecule has 0 saturated heterocycles. The van der Waals surface area contributed by atoms with Gasteiger partial charge in [0, 0.05) is 38.8 Å². The van der Waals surface area contributed by atoms with Crippen LogP contribution in [0.2, 0.25) is 0 Å². The first-order chi connectivity index (χ1) is 25.3. The summed E-state index contributed by atoms with van der Waals surface area (Å²) in [4.78, 5) is 0. The van der Waals surface area contributed by atoms with Crippen LogP contribution in [-0.2, 0) is 0 Å². The van der Waals surface area contributed by atoms with E-state index in [1.165, 1.54) is 93.9 Å². The first-order valence-corrected chi connectivity index (χ1v) is 17.7. The van der Waals surface area contributed by atoms with E-state index in [2.05, 4.69) is 197 Å². The van der Waals surface area contributed by atoms with Gasteiger partial charge in [-0.1, -0.05) is 127 Å². The van der Waals surface area contributed by atoms with Crippen LogP contribution in [-0.4, -0.2) is 9.13 Å². The van der Waals surface area contributed by atoms with Gasteiger partial charge in [-0.2, -0.15) is 0 Å². The number of hydrogen-bond donors (Lipinski definition) is 0. The molecule has 1 aliphatic carbocycles. The van der Waals surface area contributed by atoms with E-state index in [1.54, 1.807) is 0 Å². The fourth-order valence-corrected chi connectivity index (χ4v) is 8.77. The van der Waals surface area contributed by atoms with Crippen molar-refractivity contribution in [1.29, 1.82) is 0 Å². The summed E-state index contributed by atoms with van der Waals surface area (Å²) in [6.45, 7) is 0. The van der Waals surface area contributed by atoms with Crippen LogP contribution in [0.25, 0.3) is 77.2 Å². The summed E-state index contributed by atoms with van der Waals surface area (Å²) in [5.74, 6) is 0.242. The van der Waals surface area contributed by atoms with Gasteiger partial charge in [0.1, 0.15) is 0 Å². The molecule has 0 saturated carbocycles. The molecule has 0 spiro atoms. The number of para-hydroxylation sites is 3. The number of aromatic nitrogens is 2. The number of rotatable bonds is 4. The molecule has 1 unspecified atom stereocenters. The average Bonchev–Trinajstić information content (AvgIpc) is 3.83. The van der Waals surface area contributed by atoms with Crippen molar-refractivity contribution in [2.45, 2.75) is 5.92 Å². The van der Waals surface area contributed by atoms with E-state index < -0.39 is 0 Å². The first kappa shape index (κ1) is 28.2. The van der Waals surface area contributed by atoms with Crippen LogP contribution in [0.4, 0.5) is 0 Å². The molecule has 0 N–H and O–H groups in total. The summed E-state index contributed by atoms with van der Waals surface area (Å²) >= 11 is 0. The van der Waals surface area contributed by atoms with E-state index in [-0.39, 0.29) is 5.92 Å². The molecule has 10 aromatic rings. The molecule has 0 amide bonds. The first-order valence-electron chi connectivity index (χ1n) is 17.7. The largest absolute Gasteiger partial charge is 0.309 e. The highest BCUT2D eigenvalue weighted by Crippen LogP contribution is 2.49. The topological polar surface area (TPSA) is 9.86 Å². The van der Waals surface area contributed by atoms with E-state index in [9.17, 15) is 0 Å². The highest BCUT2D eigenvalue weighted by molar-refractivity contribution is 6.12. The van der Waals surface area contributed by atoms with Crippen molar-refractivity contribution >= 4 is 43.6 Å². The van der Waals surface area contributed by atoms with E-state index in [0.29, 0.717) is 0 Å². The molecule has 2 heterocycles. The van der Waals surface area contributed by atoms with Gasteiger partial charge in [-0.15, -0.1) is 0 Å². The van der Waals surface area contributed by atoms with E-state index in [1.807, 2.05) is 0 Å². The zero-order valence-corrected chi connectivity index (χ0v) is 27.9. The van der Waals surface area contributed by atoms with Crippen molar-refractivity contribution in [2.75, 3.05) is 0 Å². The van der Waals surface area contributed by atoms with Crippen LogP contribution in [0.5, 0.6) is 0 Å². The number of nitrogens with zero attached hydrogens (tertiary/aromatic N) is 2. The monoisotopic (exact) mass is 648 g/mol. The smallest absolute Gasteiger partial charge is 0.0541 e. The Morgan fingerprint density at radius 2 is 0.824 bits per heavy atom. The van der Waals surface area contributed by atoms with Crippen LogP contribution in [0.3, 0.4) is 0 Å². The van der Waals surface area contributed by atoms with Crippen molar-refractivity contribution in [2.24, 2.45) is 0 Å². The second kappa shape index (κ2) is 10.9. The van der Waals surface area contributed by atoms with Crippen molar-refractivity contribution in [1.82, 2.24) is 9.13 Å². The van der Waals surface area contributed by atoms with Crippen LogP contribution in [0.15, 0.2) is 188 Å². The summed E-state index contributed by atoms with van der Waals surface area (Å²) in [5, 5.41) is 5.06. The lowest BCUT2D eigenvalue weighted by atomic mass is 9.89. The summed E-state index contributed by atoms with van der Waals surface area (Å²) in [7, 11) is 0. The van der Waals surface area contributed by atoms with Gasteiger partial charge in [-0.3, -0.25) is 0 Å². The highest BCUT2D eigenvalue weighted by atomic mass is 15.0.